The Bertz CT molecular complexity index is 672. The van der Waals surface area contributed by atoms with Crippen molar-refractivity contribution < 1.29 is 13.9 Å². The average Bonchev–Trinajstić information content (AvgIpc) is 2.53. The number of methoxy groups -OCH3 is 1. The zero-order valence-corrected chi connectivity index (χ0v) is 12.4. The summed E-state index contributed by atoms with van der Waals surface area (Å²) in [6.45, 7) is 1.79. The molecule has 0 bridgehead atoms. The molecule has 0 saturated heterocycles. The molecule has 1 atom stereocenters. The summed E-state index contributed by atoms with van der Waals surface area (Å²) in [4.78, 5) is 15.8. The lowest BCUT2D eigenvalue weighted by Gasteiger charge is -2.14. The third-order valence-electron chi connectivity index (χ3n) is 3.15. The van der Waals surface area contributed by atoms with Crippen molar-refractivity contribution in [1.29, 1.82) is 0 Å². The van der Waals surface area contributed by atoms with E-state index in [0.29, 0.717) is 5.56 Å². The van der Waals surface area contributed by atoms with Gasteiger partial charge in [0.05, 0.1) is 13.2 Å². The van der Waals surface area contributed by atoms with Crippen molar-refractivity contribution in [2.24, 2.45) is 0 Å². The smallest absolute Gasteiger partial charge is 0.244 e. The second-order valence-corrected chi connectivity index (χ2v) is 4.74. The third-order valence-corrected chi connectivity index (χ3v) is 3.15. The van der Waals surface area contributed by atoms with Crippen LogP contribution < -0.4 is 10.1 Å². The monoisotopic (exact) mass is 300 g/mol. The van der Waals surface area contributed by atoms with Gasteiger partial charge in [-0.3, -0.25) is 9.78 Å². The maximum absolute atomic E-state index is 13.7. The molecule has 2 aromatic rings. The highest BCUT2D eigenvalue weighted by Crippen LogP contribution is 2.21. The van der Waals surface area contributed by atoms with Crippen molar-refractivity contribution in [1.82, 2.24) is 10.3 Å². The molecule has 0 aliphatic rings. The predicted molar refractivity (Wildman–Crippen MR) is 82.8 cm³/mol. The number of hydrogen-bond acceptors (Lipinski definition) is 3. The Morgan fingerprint density at radius 2 is 2.23 bits per heavy atom. The van der Waals surface area contributed by atoms with Crippen molar-refractivity contribution in [3.63, 3.8) is 0 Å². The van der Waals surface area contributed by atoms with Crippen LogP contribution in [-0.2, 0) is 4.79 Å². The molecule has 1 heterocycles. The van der Waals surface area contributed by atoms with E-state index in [4.69, 9.17) is 4.74 Å². The molecule has 1 aromatic heterocycles. The Kier molecular flexibility index (Phi) is 5.25. The summed E-state index contributed by atoms with van der Waals surface area (Å²) in [7, 11) is 1.41. The molecule has 1 N–H and O–H groups in total. The molecule has 0 aliphatic carbocycles. The van der Waals surface area contributed by atoms with Crippen LogP contribution in [0.2, 0.25) is 0 Å². The number of rotatable bonds is 5. The van der Waals surface area contributed by atoms with Gasteiger partial charge in [0.25, 0.3) is 0 Å². The van der Waals surface area contributed by atoms with Crippen molar-refractivity contribution in [3.05, 3.63) is 65.7 Å². The van der Waals surface area contributed by atoms with Gasteiger partial charge in [-0.2, -0.15) is 0 Å². The van der Waals surface area contributed by atoms with Gasteiger partial charge >= 0.3 is 0 Å². The van der Waals surface area contributed by atoms with E-state index < -0.39 is 5.82 Å². The fourth-order valence-corrected chi connectivity index (χ4v) is 1.94. The fourth-order valence-electron chi connectivity index (χ4n) is 1.94. The van der Waals surface area contributed by atoms with Crippen LogP contribution in [0, 0.1) is 5.82 Å². The first-order chi connectivity index (χ1) is 10.6. The Hall–Kier alpha value is -2.69. The van der Waals surface area contributed by atoms with Gasteiger partial charge in [-0.05, 0) is 42.3 Å². The van der Waals surface area contributed by atoms with E-state index in [0.717, 1.165) is 5.56 Å². The van der Waals surface area contributed by atoms with E-state index >= 15 is 0 Å². The number of carbonyl (C=O) groups excluding carboxylic acids is 1. The summed E-state index contributed by atoms with van der Waals surface area (Å²) in [5, 5.41) is 2.78. The van der Waals surface area contributed by atoms with Crippen LogP contribution in [0.25, 0.3) is 6.08 Å². The predicted octanol–water partition coefficient (Wildman–Crippen LogP) is 3.12. The van der Waals surface area contributed by atoms with Crippen molar-refractivity contribution in [3.8, 4) is 5.75 Å². The number of nitrogens with zero attached hydrogens (tertiary/aromatic N) is 1. The van der Waals surface area contributed by atoms with Gasteiger partial charge in [0.1, 0.15) is 0 Å². The molecule has 0 aliphatic heterocycles. The normalized spacial score (nSPS) is 12.1. The molecule has 5 heteroatoms. The average molecular weight is 300 g/mol. The summed E-state index contributed by atoms with van der Waals surface area (Å²) < 4.78 is 18.5. The molecule has 114 valence electrons. The van der Waals surface area contributed by atoms with Crippen LogP contribution in [0.5, 0.6) is 5.75 Å². The highest BCUT2D eigenvalue weighted by Gasteiger charge is 2.10. The topological polar surface area (TPSA) is 51.2 Å². The number of ether oxygens (including phenoxy) is 1. The number of halogens is 1. The van der Waals surface area contributed by atoms with Crippen LogP contribution in [0.4, 0.5) is 4.39 Å². The maximum Gasteiger partial charge on any atom is 0.244 e. The van der Waals surface area contributed by atoms with Gasteiger partial charge in [-0.15, -0.1) is 0 Å². The molecular weight excluding hydrogens is 283 g/mol. The lowest BCUT2D eigenvalue weighted by atomic mass is 10.1. The number of nitrogens with one attached hydrogen (secondary N) is 1. The van der Waals surface area contributed by atoms with Crippen LogP contribution in [-0.4, -0.2) is 18.0 Å². The quantitative estimate of drug-likeness (QED) is 0.863. The van der Waals surface area contributed by atoms with E-state index in [-0.39, 0.29) is 17.7 Å². The van der Waals surface area contributed by atoms with Crippen molar-refractivity contribution in [2.45, 2.75) is 13.0 Å². The molecule has 0 fully saturated rings. The highest BCUT2D eigenvalue weighted by molar-refractivity contribution is 5.91. The summed E-state index contributed by atoms with van der Waals surface area (Å²) in [5.41, 5.74) is 1.50. The van der Waals surface area contributed by atoms with Gasteiger partial charge in [-0.1, -0.05) is 12.1 Å². The molecule has 1 amide bonds. The summed E-state index contributed by atoms with van der Waals surface area (Å²) in [5.74, 6) is -0.529. The Morgan fingerprint density at radius 1 is 1.41 bits per heavy atom. The molecule has 0 unspecified atom stereocenters. The molecule has 22 heavy (non-hydrogen) atoms. The summed E-state index contributed by atoms with van der Waals surface area (Å²) >= 11 is 0. The minimum atomic E-state index is -0.452. The number of aromatic nitrogens is 1. The van der Waals surface area contributed by atoms with Crippen LogP contribution in [0.15, 0.2) is 48.8 Å². The van der Waals surface area contributed by atoms with Crippen LogP contribution in [0.3, 0.4) is 0 Å². The first-order valence-corrected chi connectivity index (χ1v) is 6.82. The Balaban J connectivity index is 1.99. The Labute approximate surface area is 128 Å². The van der Waals surface area contributed by atoms with Crippen LogP contribution >= 0.6 is 0 Å². The van der Waals surface area contributed by atoms with E-state index in [1.807, 2.05) is 6.07 Å². The van der Waals surface area contributed by atoms with Gasteiger partial charge in [0, 0.05) is 18.5 Å². The molecule has 0 radical (unpaired) electrons. The minimum absolute atomic E-state index is 0.179. The number of carbonyl (C=O) groups is 1. The van der Waals surface area contributed by atoms with E-state index in [1.165, 1.54) is 19.3 Å². The number of pyridine rings is 1. The van der Waals surface area contributed by atoms with E-state index in [9.17, 15) is 9.18 Å². The number of hydrogen-bond donors (Lipinski definition) is 1. The van der Waals surface area contributed by atoms with Crippen molar-refractivity contribution in [2.75, 3.05) is 7.11 Å². The molecule has 2 rings (SSSR count). The molecule has 1 aromatic carbocycles. The van der Waals surface area contributed by atoms with Crippen LogP contribution in [0.1, 0.15) is 24.1 Å². The molecule has 4 nitrogen and oxygen atoms in total. The largest absolute Gasteiger partial charge is 0.494 e. The standard InChI is InChI=1S/C17H17FN2O2/c1-12(14-6-7-16(22-2)15(18)10-14)20-17(21)8-5-13-4-3-9-19-11-13/h3-12H,1-2H3,(H,20,21)/b8-5+/t12-/m0/s1. The van der Waals surface area contributed by atoms with Gasteiger partial charge in [-0.25, -0.2) is 4.39 Å². The second kappa shape index (κ2) is 7.36. The van der Waals surface area contributed by atoms with Gasteiger partial charge in [0.2, 0.25) is 5.91 Å². The van der Waals surface area contributed by atoms with E-state index in [1.54, 1.807) is 43.6 Å². The lowest BCUT2D eigenvalue weighted by Crippen LogP contribution is -2.24. The molecular formula is C17H17FN2O2. The number of benzene rings is 1. The SMILES string of the molecule is COc1ccc([C@H](C)NC(=O)/C=C/c2cccnc2)cc1F. The highest BCUT2D eigenvalue weighted by atomic mass is 19.1. The molecule has 0 spiro atoms. The first kappa shape index (κ1) is 15.7. The lowest BCUT2D eigenvalue weighted by molar-refractivity contribution is -0.117. The summed E-state index contributed by atoms with van der Waals surface area (Å²) in [6, 6.07) is 7.94. The second-order valence-electron chi connectivity index (χ2n) is 4.74. The minimum Gasteiger partial charge on any atom is -0.494 e. The first-order valence-electron chi connectivity index (χ1n) is 6.82. The Morgan fingerprint density at radius 3 is 2.86 bits per heavy atom. The third kappa shape index (κ3) is 4.15. The number of amides is 1. The van der Waals surface area contributed by atoms with Gasteiger partial charge in [0.15, 0.2) is 11.6 Å². The maximum atomic E-state index is 13.7. The fraction of sp³-hybridized carbons (Fsp3) is 0.176. The summed E-state index contributed by atoms with van der Waals surface area (Å²) in [6.07, 6.45) is 6.42. The van der Waals surface area contributed by atoms with E-state index in [2.05, 4.69) is 10.3 Å². The zero-order chi connectivity index (χ0) is 15.9. The molecule has 0 saturated carbocycles. The zero-order valence-electron chi connectivity index (χ0n) is 12.4. The van der Waals surface area contributed by atoms with Crippen molar-refractivity contribution >= 4 is 12.0 Å². The van der Waals surface area contributed by atoms with Gasteiger partial charge < -0.3 is 10.1 Å².